The first-order valence-corrected chi connectivity index (χ1v) is 13.6. The summed E-state index contributed by atoms with van der Waals surface area (Å²) in [5.74, 6) is 1.72. The van der Waals surface area contributed by atoms with Crippen LogP contribution in [0.2, 0.25) is 0 Å². The number of sulfonamides is 1. The molecular weight excluding hydrogens is 549 g/mol. The van der Waals surface area contributed by atoms with Crippen molar-refractivity contribution in [2.24, 2.45) is 0 Å². The number of ether oxygens (including phenoxy) is 1. The Morgan fingerprint density at radius 1 is 1.02 bits per heavy atom. The van der Waals surface area contributed by atoms with Gasteiger partial charge in [-0.25, -0.2) is 8.42 Å². The quantitative estimate of drug-likeness (QED) is 0.296. The predicted octanol–water partition coefficient (Wildman–Crippen LogP) is 5.22. The number of furan rings is 1. The van der Waals surface area contributed by atoms with E-state index in [0.717, 1.165) is 28.1 Å². The standard InChI is InChI=1S/C27H23F3N4O5S/c1-18-5-7-20(8-6-18)37-17-21-9-10-24(38-21)25-32-23(16-31)26(39-25)33-11-13-34(14-12-33)40(35,36)22-4-2-3-19(15-22)27(28,29)30/h2-10,15H,11-14,17H2,1H3. The maximum absolute atomic E-state index is 13.1. The number of halogens is 3. The molecule has 0 spiro atoms. The molecule has 0 aliphatic carbocycles. The molecule has 0 unspecified atom stereocenters. The van der Waals surface area contributed by atoms with E-state index in [1.807, 2.05) is 37.3 Å². The Bertz CT molecular complexity index is 1650. The summed E-state index contributed by atoms with van der Waals surface area (Å²) in [7, 11) is -4.16. The maximum Gasteiger partial charge on any atom is 0.416 e. The number of piperazine rings is 1. The van der Waals surface area contributed by atoms with Crippen molar-refractivity contribution in [2.75, 3.05) is 31.1 Å². The first-order valence-electron chi connectivity index (χ1n) is 12.2. The van der Waals surface area contributed by atoms with Crippen LogP contribution in [0.5, 0.6) is 5.75 Å². The summed E-state index contributed by atoms with van der Waals surface area (Å²) in [6.07, 6.45) is -4.66. The summed E-state index contributed by atoms with van der Waals surface area (Å²) >= 11 is 0. The molecule has 3 heterocycles. The highest BCUT2D eigenvalue weighted by molar-refractivity contribution is 7.89. The molecule has 208 valence electrons. The third kappa shape index (κ3) is 5.68. The number of nitriles is 1. The van der Waals surface area contributed by atoms with E-state index in [0.29, 0.717) is 17.6 Å². The first-order chi connectivity index (χ1) is 19.0. The van der Waals surface area contributed by atoms with Gasteiger partial charge >= 0.3 is 6.18 Å². The molecule has 0 amide bonds. The molecular formula is C27H23F3N4O5S. The van der Waals surface area contributed by atoms with Crippen molar-refractivity contribution in [3.63, 3.8) is 0 Å². The number of hydrogen-bond acceptors (Lipinski definition) is 8. The van der Waals surface area contributed by atoms with E-state index in [9.17, 15) is 26.9 Å². The maximum atomic E-state index is 13.1. The van der Waals surface area contributed by atoms with E-state index in [4.69, 9.17) is 13.6 Å². The van der Waals surface area contributed by atoms with Crippen LogP contribution in [-0.2, 0) is 22.8 Å². The van der Waals surface area contributed by atoms with Crippen LogP contribution in [0.25, 0.3) is 11.7 Å². The van der Waals surface area contributed by atoms with E-state index >= 15 is 0 Å². The molecule has 1 aliphatic heterocycles. The second-order valence-electron chi connectivity index (χ2n) is 9.07. The number of oxazole rings is 1. The van der Waals surface area contributed by atoms with Crippen molar-refractivity contribution in [3.8, 4) is 23.5 Å². The second kappa shape index (κ2) is 10.7. The molecule has 40 heavy (non-hydrogen) atoms. The first kappa shape index (κ1) is 27.3. The van der Waals surface area contributed by atoms with Crippen LogP contribution < -0.4 is 9.64 Å². The molecule has 0 radical (unpaired) electrons. The summed E-state index contributed by atoms with van der Waals surface area (Å²) in [5.41, 5.74) is 0.0697. The summed E-state index contributed by atoms with van der Waals surface area (Å²) in [6, 6.07) is 16.5. The molecule has 0 bridgehead atoms. The van der Waals surface area contributed by atoms with Gasteiger partial charge in [0.15, 0.2) is 5.76 Å². The van der Waals surface area contributed by atoms with Gasteiger partial charge in [0, 0.05) is 26.2 Å². The van der Waals surface area contributed by atoms with Crippen LogP contribution in [-0.4, -0.2) is 43.9 Å². The molecule has 2 aromatic heterocycles. The number of hydrogen-bond donors (Lipinski definition) is 0. The average molecular weight is 573 g/mol. The van der Waals surface area contributed by atoms with Gasteiger partial charge in [-0.2, -0.15) is 27.7 Å². The summed E-state index contributed by atoms with van der Waals surface area (Å²) in [4.78, 5) is 5.45. The van der Waals surface area contributed by atoms with Crippen LogP contribution in [0, 0.1) is 18.3 Å². The predicted molar refractivity (Wildman–Crippen MR) is 137 cm³/mol. The van der Waals surface area contributed by atoms with Gasteiger partial charge in [0.25, 0.3) is 5.89 Å². The van der Waals surface area contributed by atoms with Gasteiger partial charge in [0.05, 0.1) is 10.5 Å². The van der Waals surface area contributed by atoms with Crippen molar-refractivity contribution >= 4 is 15.9 Å². The molecule has 0 N–H and O–H groups in total. The van der Waals surface area contributed by atoms with Gasteiger partial charge in [0.1, 0.15) is 24.2 Å². The molecule has 1 aliphatic rings. The summed E-state index contributed by atoms with van der Waals surface area (Å²) in [5, 5.41) is 9.62. The molecule has 13 heteroatoms. The lowest BCUT2D eigenvalue weighted by atomic mass is 10.2. The molecule has 0 atom stereocenters. The summed E-state index contributed by atoms with van der Waals surface area (Å²) in [6.45, 7) is 2.36. The molecule has 1 saturated heterocycles. The summed E-state index contributed by atoms with van der Waals surface area (Å²) < 4.78 is 83.7. The van der Waals surface area contributed by atoms with E-state index < -0.39 is 26.7 Å². The van der Waals surface area contributed by atoms with Crippen molar-refractivity contribution in [1.82, 2.24) is 9.29 Å². The lowest BCUT2D eigenvalue weighted by Gasteiger charge is -2.33. The van der Waals surface area contributed by atoms with Crippen LogP contribution in [0.1, 0.15) is 22.6 Å². The number of aryl methyl sites for hydroxylation is 1. The molecule has 5 rings (SSSR count). The minimum atomic E-state index is -4.66. The van der Waals surface area contributed by atoms with Crippen LogP contribution in [0.4, 0.5) is 19.1 Å². The van der Waals surface area contributed by atoms with Crippen LogP contribution >= 0.6 is 0 Å². The van der Waals surface area contributed by atoms with Crippen molar-refractivity contribution in [1.29, 1.82) is 5.26 Å². The molecule has 2 aromatic carbocycles. The van der Waals surface area contributed by atoms with Crippen molar-refractivity contribution < 1.29 is 35.2 Å². The second-order valence-corrected chi connectivity index (χ2v) is 11.0. The van der Waals surface area contributed by atoms with E-state index in [2.05, 4.69) is 4.98 Å². The highest BCUT2D eigenvalue weighted by atomic mass is 32.2. The van der Waals surface area contributed by atoms with Gasteiger partial charge in [-0.05, 0) is 49.4 Å². The minimum absolute atomic E-state index is 0.00181. The Morgan fingerprint density at radius 2 is 1.75 bits per heavy atom. The van der Waals surface area contributed by atoms with Crippen molar-refractivity contribution in [2.45, 2.75) is 24.6 Å². The number of alkyl halides is 3. The minimum Gasteiger partial charge on any atom is -0.486 e. The number of nitrogens with zero attached hydrogens (tertiary/aromatic N) is 4. The topological polar surface area (TPSA) is 113 Å². The van der Waals surface area contributed by atoms with Gasteiger partial charge in [-0.1, -0.05) is 23.8 Å². The zero-order valence-corrected chi connectivity index (χ0v) is 22.0. The fourth-order valence-electron chi connectivity index (χ4n) is 4.18. The van der Waals surface area contributed by atoms with Crippen LogP contribution in [0.3, 0.4) is 0 Å². The Kier molecular flexibility index (Phi) is 7.31. The lowest BCUT2D eigenvalue weighted by molar-refractivity contribution is -0.137. The Hall–Kier alpha value is -4.28. The molecule has 0 saturated carbocycles. The average Bonchev–Trinajstić information content (AvgIpc) is 3.60. The van der Waals surface area contributed by atoms with E-state index in [1.165, 1.54) is 0 Å². The van der Waals surface area contributed by atoms with Gasteiger partial charge < -0.3 is 18.5 Å². The SMILES string of the molecule is Cc1ccc(OCc2ccc(-c3nc(C#N)c(N4CCN(S(=O)(=O)c5cccc(C(F)(F)F)c5)CC4)o3)o2)cc1. The van der Waals surface area contributed by atoms with E-state index in [-0.39, 0.29) is 56.0 Å². The highest BCUT2D eigenvalue weighted by Gasteiger charge is 2.35. The third-order valence-corrected chi connectivity index (χ3v) is 8.21. The third-order valence-electron chi connectivity index (χ3n) is 6.31. The zero-order chi connectivity index (χ0) is 28.5. The van der Waals surface area contributed by atoms with Gasteiger partial charge in [-0.15, -0.1) is 0 Å². The zero-order valence-electron chi connectivity index (χ0n) is 21.2. The normalized spacial score (nSPS) is 14.7. The number of aromatic nitrogens is 1. The highest BCUT2D eigenvalue weighted by Crippen LogP contribution is 2.33. The monoisotopic (exact) mass is 572 g/mol. The molecule has 1 fully saturated rings. The largest absolute Gasteiger partial charge is 0.486 e. The molecule has 4 aromatic rings. The van der Waals surface area contributed by atoms with Crippen molar-refractivity contribution in [3.05, 3.63) is 83.2 Å². The number of benzene rings is 2. The Balaban J connectivity index is 1.26. The smallest absolute Gasteiger partial charge is 0.416 e. The fraction of sp³-hybridized carbons (Fsp3) is 0.259. The number of rotatable bonds is 7. The lowest BCUT2D eigenvalue weighted by Crippen LogP contribution is -2.48. The van der Waals surface area contributed by atoms with Gasteiger partial charge in [0.2, 0.25) is 21.6 Å². The van der Waals surface area contributed by atoms with E-state index in [1.54, 1.807) is 17.0 Å². The number of anilines is 1. The Morgan fingerprint density at radius 3 is 2.42 bits per heavy atom. The van der Waals surface area contributed by atoms with Gasteiger partial charge in [-0.3, -0.25) is 0 Å². The van der Waals surface area contributed by atoms with Crippen LogP contribution in [0.15, 0.2) is 74.4 Å². The molecule has 9 nitrogen and oxygen atoms in total. The fourth-order valence-corrected chi connectivity index (χ4v) is 5.65. The Labute approximate surface area is 228 Å².